The molecule has 0 radical (unpaired) electrons. The maximum atomic E-state index is 12.1. The van der Waals surface area contributed by atoms with Crippen molar-refractivity contribution < 1.29 is 27.9 Å². The van der Waals surface area contributed by atoms with E-state index in [-0.39, 0.29) is 0 Å². The molecule has 0 unspecified atom stereocenters. The number of carboxylic acid groups (broad SMARTS) is 1. The molecule has 1 amide bonds. The van der Waals surface area contributed by atoms with Gasteiger partial charge in [0.05, 0.1) is 0 Å². The van der Waals surface area contributed by atoms with Gasteiger partial charge in [-0.05, 0) is 35.8 Å². The lowest BCUT2D eigenvalue weighted by molar-refractivity contribution is -0.150. The third kappa shape index (κ3) is 6.11. The Hall–Kier alpha value is -2.31. The number of carbonyl (C=O) groups excluding carboxylic acids is 1. The number of halogens is 3. The summed E-state index contributed by atoms with van der Waals surface area (Å²) in [4.78, 5) is 21.7. The number of rotatable bonds is 5. The highest BCUT2D eigenvalue weighted by molar-refractivity contribution is 5.92. The Morgan fingerprint density at radius 1 is 1.33 bits per heavy atom. The molecule has 0 spiro atoms. The topological polar surface area (TPSA) is 66.4 Å². The second-order valence-corrected chi connectivity index (χ2v) is 4.28. The van der Waals surface area contributed by atoms with Crippen molar-refractivity contribution in [2.75, 3.05) is 5.32 Å². The Labute approximate surface area is 119 Å². The highest BCUT2D eigenvalue weighted by Crippen LogP contribution is 2.23. The van der Waals surface area contributed by atoms with Gasteiger partial charge >= 0.3 is 12.1 Å². The summed E-state index contributed by atoms with van der Waals surface area (Å²) in [6, 6.07) is 4.58. The van der Waals surface area contributed by atoms with Gasteiger partial charge in [-0.25, -0.2) is 4.79 Å². The summed E-state index contributed by atoms with van der Waals surface area (Å²) in [5, 5.41) is 10.7. The van der Waals surface area contributed by atoms with Crippen LogP contribution in [0.4, 0.5) is 18.9 Å². The second-order valence-electron chi connectivity index (χ2n) is 4.28. The number of carbonyl (C=O) groups is 2. The van der Waals surface area contributed by atoms with Gasteiger partial charge in [-0.2, -0.15) is 13.2 Å². The van der Waals surface area contributed by atoms with Crippen molar-refractivity contribution >= 4 is 23.6 Å². The van der Waals surface area contributed by atoms with Crippen LogP contribution >= 0.6 is 0 Å². The summed E-state index contributed by atoms with van der Waals surface area (Å²) >= 11 is 0. The zero-order chi connectivity index (χ0) is 16.0. The molecular formula is C14H14F3NO3. The average Bonchev–Trinajstić information content (AvgIpc) is 2.35. The summed E-state index contributed by atoms with van der Waals surface area (Å²) in [6.45, 7) is 1.78. The van der Waals surface area contributed by atoms with Crippen molar-refractivity contribution in [3.05, 3.63) is 35.4 Å². The molecule has 0 aromatic heterocycles. The number of anilines is 1. The number of amides is 1. The molecule has 1 aromatic rings. The van der Waals surface area contributed by atoms with Crippen molar-refractivity contribution in [3.8, 4) is 0 Å². The van der Waals surface area contributed by atoms with Crippen LogP contribution in [0.25, 0.3) is 6.08 Å². The quantitative estimate of drug-likeness (QED) is 0.820. The molecule has 0 heterocycles. The number of hydrogen-bond donors (Lipinski definition) is 2. The molecule has 0 fully saturated rings. The van der Waals surface area contributed by atoms with Gasteiger partial charge in [0.1, 0.15) is 6.42 Å². The van der Waals surface area contributed by atoms with E-state index in [1.165, 1.54) is 18.2 Å². The van der Waals surface area contributed by atoms with Crippen molar-refractivity contribution in [2.45, 2.75) is 25.9 Å². The molecule has 0 saturated carbocycles. The Morgan fingerprint density at radius 3 is 2.52 bits per heavy atom. The highest BCUT2D eigenvalue weighted by Gasteiger charge is 2.31. The molecule has 21 heavy (non-hydrogen) atoms. The van der Waals surface area contributed by atoms with Gasteiger partial charge in [0.2, 0.25) is 5.91 Å². The molecule has 1 aromatic carbocycles. The minimum atomic E-state index is -4.55. The van der Waals surface area contributed by atoms with Crippen LogP contribution in [-0.2, 0) is 16.0 Å². The standard InChI is InChI=1S/C14H14F3NO3/c1-2-10-7-9(4-6-13(20)21)3-5-11(10)18-12(19)8-14(15,16)17/h3-7H,2,8H2,1H3,(H,18,19)(H,20,21)/b6-4+. The summed E-state index contributed by atoms with van der Waals surface area (Å²) in [6.07, 6.45) is -3.30. The SMILES string of the molecule is CCc1cc(/C=C/C(=O)O)ccc1NC(=O)CC(F)(F)F. The normalized spacial score (nSPS) is 11.6. The van der Waals surface area contributed by atoms with Crippen LogP contribution in [-0.4, -0.2) is 23.2 Å². The van der Waals surface area contributed by atoms with Crippen molar-refractivity contribution in [3.63, 3.8) is 0 Å². The smallest absolute Gasteiger partial charge is 0.397 e. The van der Waals surface area contributed by atoms with Gasteiger partial charge < -0.3 is 10.4 Å². The van der Waals surface area contributed by atoms with Crippen LogP contribution in [0.2, 0.25) is 0 Å². The monoisotopic (exact) mass is 301 g/mol. The number of alkyl halides is 3. The molecule has 0 saturated heterocycles. The summed E-state index contributed by atoms with van der Waals surface area (Å²) in [5.74, 6) is -2.23. The van der Waals surface area contributed by atoms with Gasteiger partial charge in [-0.3, -0.25) is 4.79 Å². The Bertz CT molecular complexity index is 565. The number of nitrogens with one attached hydrogen (secondary N) is 1. The van der Waals surface area contributed by atoms with E-state index in [1.54, 1.807) is 13.0 Å². The van der Waals surface area contributed by atoms with E-state index in [0.717, 1.165) is 6.08 Å². The molecule has 0 bridgehead atoms. The predicted octanol–water partition coefficient (Wildman–Crippen LogP) is 3.24. The summed E-state index contributed by atoms with van der Waals surface area (Å²) in [7, 11) is 0. The minimum absolute atomic E-state index is 0.291. The predicted molar refractivity (Wildman–Crippen MR) is 71.8 cm³/mol. The molecular weight excluding hydrogens is 287 g/mol. The number of benzene rings is 1. The lowest BCUT2D eigenvalue weighted by Gasteiger charge is -2.12. The highest BCUT2D eigenvalue weighted by atomic mass is 19.4. The Morgan fingerprint density at radius 2 is 2.00 bits per heavy atom. The Balaban J connectivity index is 2.89. The number of aryl methyl sites for hydroxylation is 1. The van der Waals surface area contributed by atoms with Gasteiger partial charge in [-0.1, -0.05) is 13.0 Å². The molecule has 114 valence electrons. The van der Waals surface area contributed by atoms with Crippen LogP contribution in [0.3, 0.4) is 0 Å². The van der Waals surface area contributed by atoms with E-state index < -0.39 is 24.5 Å². The molecule has 0 aliphatic rings. The summed E-state index contributed by atoms with van der Waals surface area (Å²) < 4.78 is 36.3. The fraction of sp³-hybridized carbons (Fsp3) is 0.286. The van der Waals surface area contributed by atoms with Crippen LogP contribution < -0.4 is 5.32 Å². The fourth-order valence-corrected chi connectivity index (χ4v) is 1.68. The van der Waals surface area contributed by atoms with Crippen molar-refractivity contribution in [1.29, 1.82) is 0 Å². The molecule has 0 aliphatic heterocycles. The number of hydrogen-bond acceptors (Lipinski definition) is 2. The van der Waals surface area contributed by atoms with Crippen LogP contribution in [0.1, 0.15) is 24.5 Å². The largest absolute Gasteiger partial charge is 0.478 e. The van der Waals surface area contributed by atoms with Gasteiger partial charge in [0.25, 0.3) is 0 Å². The molecule has 2 N–H and O–H groups in total. The van der Waals surface area contributed by atoms with Gasteiger partial charge in [-0.15, -0.1) is 0 Å². The van der Waals surface area contributed by atoms with Crippen molar-refractivity contribution in [1.82, 2.24) is 0 Å². The molecule has 1 rings (SSSR count). The first kappa shape index (κ1) is 16.7. The first-order chi connectivity index (χ1) is 9.71. The lowest BCUT2D eigenvalue weighted by Crippen LogP contribution is -2.21. The first-order valence-corrected chi connectivity index (χ1v) is 6.12. The van der Waals surface area contributed by atoms with E-state index >= 15 is 0 Å². The fourth-order valence-electron chi connectivity index (χ4n) is 1.68. The maximum absolute atomic E-state index is 12.1. The molecule has 0 aliphatic carbocycles. The zero-order valence-corrected chi connectivity index (χ0v) is 11.2. The van der Waals surface area contributed by atoms with Crippen molar-refractivity contribution in [2.24, 2.45) is 0 Å². The van der Waals surface area contributed by atoms with E-state index in [2.05, 4.69) is 5.32 Å². The van der Waals surface area contributed by atoms with E-state index in [9.17, 15) is 22.8 Å². The van der Waals surface area contributed by atoms with Gasteiger partial charge in [0, 0.05) is 11.8 Å². The third-order valence-corrected chi connectivity index (χ3v) is 2.56. The lowest BCUT2D eigenvalue weighted by atomic mass is 10.1. The average molecular weight is 301 g/mol. The van der Waals surface area contributed by atoms with E-state index in [0.29, 0.717) is 23.2 Å². The van der Waals surface area contributed by atoms with Crippen LogP contribution in [0.5, 0.6) is 0 Å². The van der Waals surface area contributed by atoms with Gasteiger partial charge in [0.15, 0.2) is 0 Å². The maximum Gasteiger partial charge on any atom is 0.397 e. The number of carboxylic acids is 1. The Kier molecular flexibility index (Phi) is 5.52. The van der Waals surface area contributed by atoms with E-state index in [4.69, 9.17) is 5.11 Å². The third-order valence-electron chi connectivity index (χ3n) is 2.56. The molecule has 7 heteroatoms. The number of aliphatic carboxylic acids is 1. The second kappa shape index (κ2) is 6.92. The summed E-state index contributed by atoms with van der Waals surface area (Å²) in [5.41, 5.74) is 1.50. The van der Waals surface area contributed by atoms with E-state index in [1.807, 2.05) is 0 Å². The van der Waals surface area contributed by atoms with Crippen LogP contribution in [0, 0.1) is 0 Å². The van der Waals surface area contributed by atoms with Crippen LogP contribution in [0.15, 0.2) is 24.3 Å². The molecule has 0 atom stereocenters. The molecule has 4 nitrogen and oxygen atoms in total. The minimum Gasteiger partial charge on any atom is -0.478 e. The zero-order valence-electron chi connectivity index (χ0n) is 11.2. The first-order valence-electron chi connectivity index (χ1n) is 6.12.